The molecule has 2 atom stereocenters. The number of rotatable bonds is 2. The molecule has 0 saturated carbocycles. The van der Waals surface area contributed by atoms with Crippen molar-refractivity contribution in [2.24, 2.45) is 0 Å². The van der Waals surface area contributed by atoms with Crippen LogP contribution in [0.25, 0.3) is 0 Å². The quantitative estimate of drug-likeness (QED) is 0.800. The maximum absolute atomic E-state index is 12.1. The van der Waals surface area contributed by atoms with Crippen LogP contribution >= 0.6 is 0 Å². The lowest BCUT2D eigenvalue weighted by Gasteiger charge is -2.41. The Hall–Kier alpha value is -1.50. The summed E-state index contributed by atoms with van der Waals surface area (Å²) >= 11 is 0. The maximum atomic E-state index is 12.1. The molecule has 0 aromatic heterocycles. The topological polar surface area (TPSA) is 90.3 Å². The Morgan fingerprint density at radius 1 is 1.35 bits per heavy atom. The third kappa shape index (κ3) is 4.88. The zero-order valence-electron chi connectivity index (χ0n) is 12.5. The number of aliphatic hydroxyl groups excluding tert-OH is 1. The molecule has 1 heterocycles. The second kappa shape index (κ2) is 6.30. The van der Waals surface area contributed by atoms with Gasteiger partial charge < -0.3 is 24.7 Å². The van der Waals surface area contributed by atoms with Crippen LogP contribution < -0.4 is 0 Å². The molecule has 0 aromatic rings. The molecule has 1 aliphatic heterocycles. The minimum atomic E-state index is -1.01. The van der Waals surface area contributed by atoms with E-state index in [1.54, 1.807) is 27.7 Å². The number of piperazine rings is 1. The Morgan fingerprint density at radius 3 is 2.40 bits per heavy atom. The molecule has 0 aromatic carbocycles. The van der Waals surface area contributed by atoms with E-state index in [0.29, 0.717) is 6.42 Å². The van der Waals surface area contributed by atoms with E-state index in [-0.39, 0.29) is 25.7 Å². The number of ether oxygens (including phenoxy) is 1. The number of carbonyl (C=O) groups excluding carboxylic acids is 1. The fourth-order valence-corrected chi connectivity index (χ4v) is 2.19. The van der Waals surface area contributed by atoms with E-state index in [1.807, 2.05) is 0 Å². The molecule has 1 aliphatic rings. The summed E-state index contributed by atoms with van der Waals surface area (Å²) in [5, 5.41) is 18.5. The van der Waals surface area contributed by atoms with Crippen LogP contribution in [0.5, 0.6) is 0 Å². The van der Waals surface area contributed by atoms with Gasteiger partial charge in [0.2, 0.25) is 0 Å². The van der Waals surface area contributed by atoms with E-state index < -0.39 is 23.9 Å². The molecule has 7 nitrogen and oxygen atoms in total. The van der Waals surface area contributed by atoms with Gasteiger partial charge in [0.1, 0.15) is 5.60 Å². The molecule has 0 bridgehead atoms. The minimum Gasteiger partial charge on any atom is -0.465 e. The molecule has 0 aliphatic carbocycles. The van der Waals surface area contributed by atoms with E-state index in [2.05, 4.69) is 0 Å². The first-order valence-electron chi connectivity index (χ1n) is 6.75. The van der Waals surface area contributed by atoms with E-state index in [1.165, 1.54) is 9.80 Å². The smallest absolute Gasteiger partial charge is 0.410 e. The number of aliphatic hydroxyl groups is 1. The van der Waals surface area contributed by atoms with Crippen molar-refractivity contribution < 1.29 is 24.5 Å². The molecule has 0 spiro atoms. The molecular weight excluding hydrogens is 264 g/mol. The molecule has 2 unspecified atom stereocenters. The molecule has 2 amide bonds. The van der Waals surface area contributed by atoms with Gasteiger partial charge in [0, 0.05) is 19.6 Å². The van der Waals surface area contributed by atoms with E-state index in [0.717, 1.165) is 0 Å². The van der Waals surface area contributed by atoms with Gasteiger partial charge in [-0.2, -0.15) is 0 Å². The number of carbonyl (C=O) groups is 2. The van der Waals surface area contributed by atoms with Crippen molar-refractivity contribution >= 4 is 12.2 Å². The van der Waals surface area contributed by atoms with Crippen LogP contribution in [-0.2, 0) is 4.74 Å². The van der Waals surface area contributed by atoms with Crippen molar-refractivity contribution in [3.05, 3.63) is 0 Å². The highest BCUT2D eigenvalue weighted by Gasteiger charge is 2.35. The van der Waals surface area contributed by atoms with Gasteiger partial charge in [0.05, 0.1) is 12.1 Å². The lowest BCUT2D eigenvalue weighted by molar-refractivity contribution is -0.00755. The lowest BCUT2D eigenvalue weighted by Crippen LogP contribution is -2.57. The van der Waals surface area contributed by atoms with Crippen molar-refractivity contribution in [3.63, 3.8) is 0 Å². The minimum absolute atomic E-state index is 0.194. The van der Waals surface area contributed by atoms with Gasteiger partial charge in [-0.3, -0.25) is 0 Å². The second-order valence-corrected chi connectivity index (χ2v) is 6.14. The van der Waals surface area contributed by atoms with Gasteiger partial charge in [-0.15, -0.1) is 0 Å². The summed E-state index contributed by atoms with van der Waals surface area (Å²) in [6, 6.07) is -0.366. The zero-order chi connectivity index (χ0) is 15.5. The first-order chi connectivity index (χ1) is 9.10. The summed E-state index contributed by atoms with van der Waals surface area (Å²) in [5.41, 5.74) is -0.601. The molecule has 20 heavy (non-hydrogen) atoms. The van der Waals surface area contributed by atoms with Crippen LogP contribution in [0.4, 0.5) is 9.59 Å². The predicted molar refractivity (Wildman–Crippen MR) is 72.6 cm³/mol. The van der Waals surface area contributed by atoms with E-state index in [4.69, 9.17) is 9.84 Å². The highest BCUT2D eigenvalue weighted by Crippen LogP contribution is 2.19. The largest absolute Gasteiger partial charge is 0.465 e. The van der Waals surface area contributed by atoms with Gasteiger partial charge in [-0.25, -0.2) is 9.59 Å². The van der Waals surface area contributed by atoms with Gasteiger partial charge in [-0.05, 0) is 34.1 Å². The summed E-state index contributed by atoms with van der Waals surface area (Å²) in [7, 11) is 0. The van der Waals surface area contributed by atoms with Crippen LogP contribution in [0.2, 0.25) is 0 Å². The fourth-order valence-electron chi connectivity index (χ4n) is 2.19. The first-order valence-corrected chi connectivity index (χ1v) is 6.75. The van der Waals surface area contributed by atoms with Crippen LogP contribution in [0, 0.1) is 0 Å². The van der Waals surface area contributed by atoms with Crippen molar-refractivity contribution in [1.82, 2.24) is 9.80 Å². The molecule has 1 fully saturated rings. The summed E-state index contributed by atoms with van der Waals surface area (Å²) < 4.78 is 5.32. The Labute approximate surface area is 119 Å². The van der Waals surface area contributed by atoms with E-state index >= 15 is 0 Å². The normalized spacial score (nSPS) is 21.6. The SMILES string of the molecule is CC(O)CC1CN(C(=O)O)CCN1C(=O)OC(C)(C)C. The van der Waals surface area contributed by atoms with Crippen molar-refractivity contribution in [1.29, 1.82) is 0 Å². The molecule has 2 N–H and O–H groups in total. The maximum Gasteiger partial charge on any atom is 0.410 e. The Balaban J connectivity index is 2.77. The average Bonchev–Trinajstić information content (AvgIpc) is 2.25. The predicted octanol–water partition coefficient (Wildman–Crippen LogP) is 1.36. The fraction of sp³-hybridized carbons (Fsp3) is 0.846. The van der Waals surface area contributed by atoms with Crippen LogP contribution in [0.3, 0.4) is 0 Å². The van der Waals surface area contributed by atoms with Crippen molar-refractivity contribution in [2.45, 2.75) is 51.9 Å². The summed E-state index contributed by atoms with van der Waals surface area (Å²) in [5.74, 6) is 0. The molecule has 116 valence electrons. The molecule has 1 saturated heterocycles. The van der Waals surface area contributed by atoms with Crippen molar-refractivity contribution in [3.8, 4) is 0 Å². The number of hydrogen-bond acceptors (Lipinski definition) is 4. The van der Waals surface area contributed by atoms with Crippen LogP contribution in [-0.4, -0.2) is 69.6 Å². The monoisotopic (exact) mass is 288 g/mol. The molecule has 1 rings (SSSR count). The van der Waals surface area contributed by atoms with Gasteiger partial charge in [0.15, 0.2) is 0 Å². The number of nitrogens with zero attached hydrogens (tertiary/aromatic N) is 2. The van der Waals surface area contributed by atoms with Gasteiger partial charge in [0.25, 0.3) is 0 Å². The Morgan fingerprint density at radius 2 is 1.95 bits per heavy atom. The van der Waals surface area contributed by atoms with Gasteiger partial charge >= 0.3 is 12.2 Å². The van der Waals surface area contributed by atoms with Crippen LogP contribution in [0.15, 0.2) is 0 Å². The zero-order valence-corrected chi connectivity index (χ0v) is 12.5. The molecule has 0 radical (unpaired) electrons. The van der Waals surface area contributed by atoms with Gasteiger partial charge in [-0.1, -0.05) is 0 Å². The highest BCUT2D eigenvalue weighted by molar-refractivity contribution is 5.70. The Kier molecular flexibility index (Phi) is 5.21. The lowest BCUT2D eigenvalue weighted by atomic mass is 10.1. The summed E-state index contributed by atoms with van der Waals surface area (Å²) in [6.07, 6.45) is -1.76. The summed E-state index contributed by atoms with van der Waals surface area (Å²) in [4.78, 5) is 25.9. The van der Waals surface area contributed by atoms with E-state index in [9.17, 15) is 14.7 Å². The summed E-state index contributed by atoms with van der Waals surface area (Å²) in [6.45, 7) is 7.68. The highest BCUT2D eigenvalue weighted by atomic mass is 16.6. The number of carboxylic acid groups (broad SMARTS) is 1. The standard InChI is InChI=1S/C13H24N2O5/c1-9(16)7-10-8-14(11(17)18)5-6-15(10)12(19)20-13(2,3)4/h9-10,16H,5-8H2,1-4H3,(H,17,18). The number of hydrogen-bond donors (Lipinski definition) is 2. The van der Waals surface area contributed by atoms with Crippen LogP contribution in [0.1, 0.15) is 34.1 Å². The second-order valence-electron chi connectivity index (χ2n) is 6.14. The first kappa shape index (κ1) is 16.6. The number of amides is 2. The van der Waals surface area contributed by atoms with Crippen molar-refractivity contribution in [2.75, 3.05) is 19.6 Å². The average molecular weight is 288 g/mol. The molecular formula is C13H24N2O5. The Bertz CT molecular complexity index is 364. The third-order valence-corrected chi connectivity index (χ3v) is 2.99. The third-order valence-electron chi connectivity index (χ3n) is 2.99. The molecule has 7 heteroatoms.